The van der Waals surface area contributed by atoms with Gasteiger partial charge >= 0.3 is 0 Å². The van der Waals surface area contributed by atoms with Gasteiger partial charge in [-0.15, -0.1) is 0 Å². The van der Waals surface area contributed by atoms with Gasteiger partial charge in [-0.25, -0.2) is 0 Å². The molecule has 0 aromatic rings. The average molecular weight is 348 g/mol. The smallest absolute Gasteiger partial charge is 0.209 e. The zero-order valence-corrected chi connectivity index (χ0v) is 15.6. The summed E-state index contributed by atoms with van der Waals surface area (Å²) in [6.45, 7) is 9.07. The summed E-state index contributed by atoms with van der Waals surface area (Å²) in [6, 6.07) is 0. The summed E-state index contributed by atoms with van der Waals surface area (Å²) in [5.41, 5.74) is -1.70. The van der Waals surface area contributed by atoms with Crippen molar-refractivity contribution in [2.24, 2.45) is 5.92 Å². The van der Waals surface area contributed by atoms with Crippen LogP contribution in [0.1, 0.15) is 53.9 Å². The van der Waals surface area contributed by atoms with Crippen molar-refractivity contribution in [2.75, 3.05) is 0 Å². The molecule has 5 heteroatoms. The Morgan fingerprint density at radius 2 is 1.84 bits per heavy atom. The minimum atomic E-state index is -2.23. The van der Waals surface area contributed by atoms with Gasteiger partial charge in [0.25, 0.3) is 0 Å². The van der Waals surface area contributed by atoms with Gasteiger partial charge in [0, 0.05) is 18.4 Å². The molecule has 1 rings (SSSR count). The SMILES string of the molecule is C/C=C/CC1(O)C(=O)C(C(=O)CC(C)C)=C(O)C(CC=C(C)C)=C1O. The number of Topliss-reactive ketones (excluding diaryl/α,β-unsaturated/α-hetero) is 2. The molecule has 0 saturated heterocycles. The topological polar surface area (TPSA) is 94.8 Å². The van der Waals surface area contributed by atoms with Crippen LogP contribution in [0.5, 0.6) is 0 Å². The molecule has 0 amide bonds. The number of hydrogen-bond acceptors (Lipinski definition) is 5. The van der Waals surface area contributed by atoms with Gasteiger partial charge in [-0.1, -0.05) is 37.6 Å². The van der Waals surface area contributed by atoms with E-state index in [1.807, 2.05) is 27.7 Å². The maximum Gasteiger partial charge on any atom is 0.209 e. The normalized spacial score (nSPS) is 21.5. The lowest BCUT2D eigenvalue weighted by Gasteiger charge is -2.32. The van der Waals surface area contributed by atoms with Crippen molar-refractivity contribution in [3.05, 3.63) is 46.5 Å². The quantitative estimate of drug-likeness (QED) is 0.480. The van der Waals surface area contributed by atoms with Crippen LogP contribution in [0.15, 0.2) is 46.5 Å². The Bertz CT molecular complexity index is 672. The number of ketones is 2. The molecule has 1 unspecified atom stereocenters. The van der Waals surface area contributed by atoms with Crippen molar-refractivity contribution in [1.29, 1.82) is 0 Å². The molecule has 0 bridgehead atoms. The Hall–Kier alpha value is -2.14. The Balaban J connectivity index is 3.55. The van der Waals surface area contributed by atoms with Crippen LogP contribution >= 0.6 is 0 Å². The van der Waals surface area contributed by atoms with E-state index < -0.39 is 34.3 Å². The molecule has 25 heavy (non-hydrogen) atoms. The second kappa shape index (κ2) is 8.30. The lowest BCUT2D eigenvalue weighted by Crippen LogP contribution is -2.46. The third-order valence-corrected chi connectivity index (χ3v) is 4.04. The van der Waals surface area contributed by atoms with Gasteiger partial charge in [0.15, 0.2) is 11.4 Å². The first-order chi connectivity index (χ1) is 11.6. The van der Waals surface area contributed by atoms with E-state index in [0.29, 0.717) is 0 Å². The third-order valence-electron chi connectivity index (χ3n) is 4.04. The van der Waals surface area contributed by atoms with E-state index in [1.54, 1.807) is 25.2 Å². The molecule has 0 saturated carbocycles. The molecule has 0 aromatic heterocycles. The minimum Gasteiger partial charge on any atom is -0.508 e. The summed E-state index contributed by atoms with van der Waals surface area (Å²) in [5, 5.41) is 31.8. The molecule has 0 fully saturated rings. The van der Waals surface area contributed by atoms with Gasteiger partial charge < -0.3 is 15.3 Å². The monoisotopic (exact) mass is 348 g/mol. The molecule has 3 N–H and O–H groups in total. The molecule has 5 nitrogen and oxygen atoms in total. The van der Waals surface area contributed by atoms with Gasteiger partial charge in [0.1, 0.15) is 17.1 Å². The predicted molar refractivity (Wildman–Crippen MR) is 97.2 cm³/mol. The third kappa shape index (κ3) is 4.48. The summed E-state index contributed by atoms with van der Waals surface area (Å²) in [6.07, 6.45) is 4.95. The van der Waals surface area contributed by atoms with Gasteiger partial charge in [0.05, 0.1) is 0 Å². The second-order valence-electron chi connectivity index (χ2n) is 7.02. The van der Waals surface area contributed by atoms with E-state index in [2.05, 4.69) is 0 Å². The van der Waals surface area contributed by atoms with Crippen molar-refractivity contribution in [1.82, 2.24) is 0 Å². The van der Waals surface area contributed by atoms with Gasteiger partial charge in [-0.2, -0.15) is 0 Å². The Morgan fingerprint density at radius 1 is 1.24 bits per heavy atom. The summed E-state index contributed by atoms with van der Waals surface area (Å²) in [5.74, 6) is -2.61. The van der Waals surface area contributed by atoms with Crippen molar-refractivity contribution in [3.63, 3.8) is 0 Å². The Labute approximate surface area is 149 Å². The van der Waals surface area contributed by atoms with Crippen LogP contribution in [-0.4, -0.2) is 32.5 Å². The van der Waals surface area contributed by atoms with Crippen LogP contribution < -0.4 is 0 Å². The van der Waals surface area contributed by atoms with E-state index in [0.717, 1.165) is 5.57 Å². The van der Waals surface area contributed by atoms with E-state index in [1.165, 1.54) is 0 Å². The Morgan fingerprint density at radius 3 is 2.32 bits per heavy atom. The van der Waals surface area contributed by atoms with Crippen molar-refractivity contribution < 1.29 is 24.9 Å². The van der Waals surface area contributed by atoms with Crippen LogP contribution in [0, 0.1) is 5.92 Å². The van der Waals surface area contributed by atoms with Crippen LogP contribution in [0.3, 0.4) is 0 Å². The van der Waals surface area contributed by atoms with Crippen LogP contribution in [0.4, 0.5) is 0 Å². The number of rotatable bonds is 7. The summed E-state index contributed by atoms with van der Waals surface area (Å²) >= 11 is 0. The molecule has 0 heterocycles. The predicted octanol–water partition coefficient (Wildman–Crippen LogP) is 3.86. The van der Waals surface area contributed by atoms with Crippen LogP contribution in [0.25, 0.3) is 0 Å². The number of aliphatic hydroxyl groups excluding tert-OH is 2. The van der Waals surface area contributed by atoms with Crippen molar-refractivity contribution in [2.45, 2.75) is 59.5 Å². The summed E-state index contributed by atoms with van der Waals surface area (Å²) in [4.78, 5) is 25.2. The number of carbonyl (C=O) groups is 2. The largest absolute Gasteiger partial charge is 0.508 e. The van der Waals surface area contributed by atoms with E-state index in [-0.39, 0.29) is 30.8 Å². The zero-order valence-electron chi connectivity index (χ0n) is 15.6. The molecule has 0 spiro atoms. The van der Waals surface area contributed by atoms with Crippen LogP contribution in [-0.2, 0) is 9.59 Å². The fourth-order valence-corrected chi connectivity index (χ4v) is 2.64. The molecule has 1 atom stereocenters. The van der Waals surface area contributed by atoms with E-state index >= 15 is 0 Å². The Kier molecular flexibility index (Phi) is 6.94. The molecule has 0 radical (unpaired) electrons. The number of carbonyl (C=O) groups excluding carboxylic acids is 2. The second-order valence-corrected chi connectivity index (χ2v) is 7.02. The first-order valence-electron chi connectivity index (χ1n) is 8.47. The molecular weight excluding hydrogens is 320 g/mol. The maximum absolute atomic E-state index is 12.7. The molecule has 1 aliphatic carbocycles. The zero-order chi connectivity index (χ0) is 19.4. The number of allylic oxidation sites excluding steroid dienone is 4. The highest BCUT2D eigenvalue weighted by Crippen LogP contribution is 2.38. The first kappa shape index (κ1) is 20.9. The maximum atomic E-state index is 12.7. The number of aliphatic hydroxyl groups is 3. The van der Waals surface area contributed by atoms with Crippen molar-refractivity contribution >= 4 is 11.6 Å². The molecule has 0 aromatic carbocycles. The summed E-state index contributed by atoms with van der Waals surface area (Å²) in [7, 11) is 0. The molecule has 1 aliphatic rings. The lowest BCUT2D eigenvalue weighted by molar-refractivity contribution is -0.135. The first-order valence-corrected chi connectivity index (χ1v) is 8.47. The molecular formula is C20H28O5. The number of hydrogen-bond donors (Lipinski definition) is 3. The van der Waals surface area contributed by atoms with Gasteiger partial charge in [-0.05, 0) is 33.1 Å². The standard InChI is InChI=1S/C20H28O5/c1-6-7-10-20(25)18(23)14(9-8-12(2)3)17(22)16(19(20)24)15(21)11-13(4)5/h6-8,13,22-23,25H,9-11H2,1-5H3/b7-6+. The minimum absolute atomic E-state index is 0.00929. The highest BCUT2D eigenvalue weighted by Gasteiger charge is 2.49. The lowest BCUT2D eigenvalue weighted by atomic mass is 9.77. The average Bonchev–Trinajstić information content (AvgIpc) is 2.50. The fourth-order valence-electron chi connectivity index (χ4n) is 2.64. The van der Waals surface area contributed by atoms with E-state index in [4.69, 9.17) is 0 Å². The fraction of sp³-hybridized carbons (Fsp3) is 0.500. The van der Waals surface area contributed by atoms with E-state index in [9.17, 15) is 24.9 Å². The molecule has 0 aliphatic heterocycles. The van der Waals surface area contributed by atoms with Gasteiger partial charge in [-0.3, -0.25) is 9.59 Å². The highest BCUT2D eigenvalue weighted by molar-refractivity contribution is 6.25. The molecule has 138 valence electrons. The highest BCUT2D eigenvalue weighted by atomic mass is 16.3. The van der Waals surface area contributed by atoms with Gasteiger partial charge in [0.2, 0.25) is 5.78 Å². The van der Waals surface area contributed by atoms with Crippen molar-refractivity contribution in [3.8, 4) is 0 Å². The van der Waals surface area contributed by atoms with Crippen LogP contribution in [0.2, 0.25) is 0 Å². The summed E-state index contributed by atoms with van der Waals surface area (Å²) < 4.78 is 0.